The molecule has 150 valence electrons. The second-order valence-corrected chi connectivity index (χ2v) is 9.61. The third kappa shape index (κ3) is 3.00. The highest BCUT2D eigenvalue weighted by Gasteiger charge is 2.60. The van der Waals surface area contributed by atoms with Crippen molar-refractivity contribution in [3.63, 3.8) is 0 Å². The van der Waals surface area contributed by atoms with Gasteiger partial charge in [-0.25, -0.2) is 0 Å². The Bertz CT molecular complexity index is 663. The maximum atomic E-state index is 12.8. The van der Waals surface area contributed by atoms with Crippen molar-refractivity contribution in [3.05, 3.63) is 0 Å². The lowest BCUT2D eigenvalue weighted by Gasteiger charge is -2.53. The zero-order valence-corrected chi connectivity index (χ0v) is 16.6. The monoisotopic (exact) mass is 375 g/mol. The van der Waals surface area contributed by atoms with E-state index in [1.807, 2.05) is 0 Å². The molecule has 4 fully saturated rings. The number of hydrogen-bond acceptors (Lipinski definition) is 5. The van der Waals surface area contributed by atoms with Gasteiger partial charge in [-0.3, -0.25) is 9.59 Å². The number of nitrogens with two attached hydrogens (primary N) is 1. The van der Waals surface area contributed by atoms with Gasteiger partial charge < -0.3 is 15.9 Å². The number of nitrogens with zero attached hydrogens (tertiary/aromatic N) is 1. The van der Waals surface area contributed by atoms with Gasteiger partial charge in [0.05, 0.1) is 5.71 Å². The molecule has 3 saturated carbocycles. The quantitative estimate of drug-likeness (QED) is 0.585. The molecule has 0 bridgehead atoms. The highest BCUT2D eigenvalue weighted by atomic mass is 16.6. The number of Topliss-reactive ketones (excluding diaryl/α,β-unsaturated/α-hetero) is 1. The summed E-state index contributed by atoms with van der Waals surface area (Å²) in [6, 6.07) is 0.143. The van der Waals surface area contributed by atoms with Crippen LogP contribution in [0.1, 0.15) is 65.2 Å². The summed E-state index contributed by atoms with van der Waals surface area (Å²) in [6.07, 6.45) is 6.96. The van der Waals surface area contributed by atoms with Crippen LogP contribution in [-0.4, -0.2) is 36.6 Å². The fourth-order valence-corrected chi connectivity index (χ4v) is 6.63. The van der Waals surface area contributed by atoms with Crippen LogP contribution in [-0.2, 0) is 14.4 Å². The molecule has 1 amide bonds. The molecule has 1 unspecified atom stereocenters. The van der Waals surface area contributed by atoms with Gasteiger partial charge in [-0.15, -0.1) is 0 Å². The fourth-order valence-electron chi connectivity index (χ4n) is 6.63. The average Bonchev–Trinajstić information content (AvgIpc) is 2.87. The molecule has 4 rings (SSSR count). The van der Waals surface area contributed by atoms with Gasteiger partial charge >= 0.3 is 0 Å². The predicted octanol–water partition coefficient (Wildman–Crippen LogP) is 2.41. The van der Waals surface area contributed by atoms with Gasteiger partial charge in [-0.2, -0.15) is 0 Å². The largest absolute Gasteiger partial charge is 0.395 e. The SMILES string of the molecule is C[C@]12CC/C(=N/OCCN)CC1CC(=O)N[C@@H]1[C@@H]2CC[C@]2(C)C(=O)CC[C@@H]12. The van der Waals surface area contributed by atoms with Crippen molar-refractivity contribution in [1.29, 1.82) is 0 Å². The highest BCUT2D eigenvalue weighted by Crippen LogP contribution is 2.60. The molecule has 0 radical (unpaired) electrons. The molecule has 3 aliphatic carbocycles. The van der Waals surface area contributed by atoms with Crippen LogP contribution in [0.3, 0.4) is 0 Å². The molecule has 1 aliphatic heterocycles. The third-order valence-corrected chi connectivity index (χ3v) is 8.36. The van der Waals surface area contributed by atoms with E-state index in [0.29, 0.717) is 49.5 Å². The molecule has 4 aliphatic rings. The normalized spacial score (nSPS) is 45.5. The molecular formula is C21H33N3O3. The number of nitrogens with one attached hydrogen (secondary N) is 1. The van der Waals surface area contributed by atoms with Crippen LogP contribution in [0, 0.1) is 28.6 Å². The Morgan fingerprint density at radius 1 is 1.15 bits per heavy atom. The number of rotatable bonds is 3. The van der Waals surface area contributed by atoms with E-state index in [0.717, 1.165) is 44.2 Å². The van der Waals surface area contributed by atoms with Gasteiger partial charge in [0, 0.05) is 30.8 Å². The summed E-state index contributed by atoms with van der Waals surface area (Å²) in [5.41, 5.74) is 6.42. The molecule has 6 nitrogen and oxygen atoms in total. The molecule has 27 heavy (non-hydrogen) atoms. The van der Waals surface area contributed by atoms with Gasteiger partial charge in [0.1, 0.15) is 12.4 Å². The Morgan fingerprint density at radius 2 is 1.96 bits per heavy atom. The number of fused-ring (bicyclic) bond motifs is 5. The Morgan fingerprint density at radius 3 is 2.74 bits per heavy atom. The van der Waals surface area contributed by atoms with E-state index in [-0.39, 0.29) is 22.8 Å². The van der Waals surface area contributed by atoms with Crippen LogP contribution in [0.4, 0.5) is 0 Å². The van der Waals surface area contributed by atoms with Crippen LogP contribution in [0.5, 0.6) is 0 Å². The van der Waals surface area contributed by atoms with E-state index >= 15 is 0 Å². The minimum Gasteiger partial charge on any atom is -0.395 e. The number of carbonyl (C=O) groups is 2. The van der Waals surface area contributed by atoms with Gasteiger partial charge in [0.15, 0.2) is 0 Å². The minimum absolute atomic E-state index is 0.115. The van der Waals surface area contributed by atoms with Crippen molar-refractivity contribution in [2.24, 2.45) is 39.5 Å². The molecule has 1 heterocycles. The van der Waals surface area contributed by atoms with Crippen molar-refractivity contribution in [3.8, 4) is 0 Å². The summed E-state index contributed by atoms with van der Waals surface area (Å²) < 4.78 is 0. The molecular weight excluding hydrogens is 342 g/mol. The van der Waals surface area contributed by atoms with Crippen LogP contribution in [0.15, 0.2) is 5.16 Å². The molecule has 6 atom stereocenters. The van der Waals surface area contributed by atoms with Gasteiger partial charge in [-0.1, -0.05) is 19.0 Å². The first-order valence-corrected chi connectivity index (χ1v) is 10.6. The van der Waals surface area contributed by atoms with Crippen LogP contribution in [0.2, 0.25) is 0 Å². The second kappa shape index (κ2) is 6.87. The molecule has 0 spiro atoms. The molecule has 0 aromatic carbocycles. The van der Waals surface area contributed by atoms with Gasteiger partial charge in [0.25, 0.3) is 0 Å². The van der Waals surface area contributed by atoms with E-state index < -0.39 is 0 Å². The highest BCUT2D eigenvalue weighted by molar-refractivity contribution is 5.88. The molecule has 3 N–H and O–H groups in total. The lowest BCUT2D eigenvalue weighted by atomic mass is 9.52. The summed E-state index contributed by atoms with van der Waals surface area (Å²) >= 11 is 0. The van der Waals surface area contributed by atoms with Crippen LogP contribution < -0.4 is 11.1 Å². The Kier molecular flexibility index (Phi) is 4.81. The zero-order valence-electron chi connectivity index (χ0n) is 16.6. The third-order valence-electron chi connectivity index (χ3n) is 8.36. The number of ketones is 1. The molecule has 1 saturated heterocycles. The number of amides is 1. The zero-order chi connectivity index (χ0) is 19.2. The van der Waals surface area contributed by atoms with Crippen LogP contribution in [0.25, 0.3) is 0 Å². The number of oxime groups is 1. The van der Waals surface area contributed by atoms with E-state index in [9.17, 15) is 9.59 Å². The maximum Gasteiger partial charge on any atom is 0.220 e. The first-order chi connectivity index (χ1) is 12.9. The Labute approximate surface area is 161 Å². The van der Waals surface area contributed by atoms with Crippen molar-refractivity contribution in [2.75, 3.05) is 13.2 Å². The smallest absolute Gasteiger partial charge is 0.220 e. The van der Waals surface area contributed by atoms with E-state index in [4.69, 9.17) is 10.6 Å². The summed E-state index contributed by atoms with van der Waals surface area (Å²) in [4.78, 5) is 30.7. The first kappa shape index (κ1) is 18.9. The predicted molar refractivity (Wildman–Crippen MR) is 103 cm³/mol. The maximum absolute atomic E-state index is 12.8. The molecule has 0 aromatic rings. The lowest BCUT2D eigenvalue weighted by Crippen LogP contribution is -2.56. The molecule has 0 aromatic heterocycles. The summed E-state index contributed by atoms with van der Waals surface area (Å²) in [5, 5.41) is 7.66. The van der Waals surface area contributed by atoms with E-state index in [1.54, 1.807) is 0 Å². The first-order valence-electron chi connectivity index (χ1n) is 10.6. The van der Waals surface area contributed by atoms with Gasteiger partial charge in [-0.05, 0) is 61.7 Å². The summed E-state index contributed by atoms with van der Waals surface area (Å²) in [5.74, 6) is 1.59. The van der Waals surface area contributed by atoms with Crippen LogP contribution >= 0.6 is 0 Å². The second-order valence-electron chi connectivity index (χ2n) is 9.61. The lowest BCUT2D eigenvalue weighted by molar-refractivity contribution is -0.131. The summed E-state index contributed by atoms with van der Waals surface area (Å²) in [7, 11) is 0. The number of hydrogen-bond donors (Lipinski definition) is 2. The average molecular weight is 376 g/mol. The fraction of sp³-hybridized carbons (Fsp3) is 0.857. The number of carbonyl (C=O) groups excluding carboxylic acids is 2. The van der Waals surface area contributed by atoms with E-state index in [2.05, 4.69) is 24.3 Å². The van der Waals surface area contributed by atoms with E-state index in [1.165, 1.54) is 0 Å². The topological polar surface area (TPSA) is 93.8 Å². The Hall–Kier alpha value is -1.43. The van der Waals surface area contributed by atoms with Crippen molar-refractivity contribution >= 4 is 17.4 Å². The summed E-state index contributed by atoms with van der Waals surface area (Å²) in [6.45, 7) is 5.42. The van der Waals surface area contributed by atoms with Gasteiger partial charge in [0.2, 0.25) is 5.91 Å². The molecule has 6 heteroatoms. The standard InChI is InChI=1S/C21H33N3O3/c1-20-7-5-14(24-27-10-9-22)11-13(20)12-18(26)23-19-15-3-4-17(25)21(15,2)8-6-16(19)20/h13,15-16,19H,3-12,22H2,1-2H3,(H,23,26)/b24-14-/t13?,15-,16-,19-,20-,21-/m0/s1. The minimum atomic E-state index is -0.234. The van der Waals surface area contributed by atoms with Crippen molar-refractivity contribution < 1.29 is 14.4 Å². The van der Waals surface area contributed by atoms with Crippen molar-refractivity contribution in [1.82, 2.24) is 5.32 Å². The van der Waals surface area contributed by atoms with Crippen molar-refractivity contribution in [2.45, 2.75) is 71.3 Å². The Balaban J connectivity index is 1.60.